The normalized spacial score (nSPS) is 16.2. The standard InChI is InChI=1S/C30H35NO5S/c1-17-13-15-21(16-14-17)24-18(2)25-23-12-10-9-11-22(23)20(4)31(37(8,34)35)27(25)19(3)26(24)28(29(32)33)36-30(5,6)7/h9-16,20,28H,1-8H3,(H,32,33)/t20-,28+/m1/s1. The molecular formula is C30H35NO5S. The Bertz CT molecular complexity index is 1480. The summed E-state index contributed by atoms with van der Waals surface area (Å²) in [7, 11) is -3.71. The van der Waals surface area contributed by atoms with Crippen molar-refractivity contribution in [1.82, 2.24) is 0 Å². The van der Waals surface area contributed by atoms with Crippen LogP contribution in [-0.4, -0.2) is 31.4 Å². The zero-order valence-corrected chi connectivity index (χ0v) is 23.5. The Labute approximate surface area is 220 Å². The van der Waals surface area contributed by atoms with Gasteiger partial charge in [0.25, 0.3) is 0 Å². The molecule has 37 heavy (non-hydrogen) atoms. The Hall–Kier alpha value is -3.16. The largest absolute Gasteiger partial charge is 0.479 e. The topological polar surface area (TPSA) is 83.9 Å². The average molecular weight is 522 g/mol. The Morgan fingerprint density at radius 1 is 0.973 bits per heavy atom. The molecule has 0 amide bonds. The Kier molecular flexibility index (Phi) is 6.76. The molecule has 0 saturated carbocycles. The van der Waals surface area contributed by atoms with Gasteiger partial charge in [-0.05, 0) is 81.8 Å². The number of aliphatic carboxylic acids is 1. The van der Waals surface area contributed by atoms with Gasteiger partial charge in [-0.1, -0.05) is 54.1 Å². The summed E-state index contributed by atoms with van der Waals surface area (Å²) in [5.41, 5.74) is 7.00. The smallest absolute Gasteiger partial charge is 0.337 e. The molecule has 1 aliphatic heterocycles. The summed E-state index contributed by atoms with van der Waals surface area (Å²) < 4.78 is 34.1. The quantitative estimate of drug-likeness (QED) is 0.403. The van der Waals surface area contributed by atoms with Gasteiger partial charge in [-0.15, -0.1) is 0 Å². The molecule has 0 bridgehead atoms. The lowest BCUT2D eigenvalue weighted by Crippen LogP contribution is -2.37. The third-order valence-electron chi connectivity index (χ3n) is 6.92. The second-order valence-corrected chi connectivity index (χ2v) is 12.8. The Morgan fingerprint density at radius 2 is 1.57 bits per heavy atom. The second-order valence-electron chi connectivity index (χ2n) is 10.9. The van der Waals surface area contributed by atoms with Crippen LogP contribution in [0.25, 0.3) is 22.3 Å². The number of carboxylic acids is 1. The van der Waals surface area contributed by atoms with E-state index >= 15 is 0 Å². The van der Waals surface area contributed by atoms with Gasteiger partial charge in [0.2, 0.25) is 10.0 Å². The molecule has 1 aliphatic rings. The van der Waals surface area contributed by atoms with Crippen LogP contribution in [0.15, 0.2) is 48.5 Å². The summed E-state index contributed by atoms with van der Waals surface area (Å²) >= 11 is 0. The minimum atomic E-state index is -3.71. The van der Waals surface area contributed by atoms with Crippen LogP contribution in [0.2, 0.25) is 0 Å². The van der Waals surface area contributed by atoms with Gasteiger partial charge >= 0.3 is 5.97 Å². The van der Waals surface area contributed by atoms with E-state index in [0.717, 1.165) is 38.9 Å². The highest BCUT2D eigenvalue weighted by Gasteiger charge is 2.40. The predicted molar refractivity (Wildman–Crippen MR) is 148 cm³/mol. The maximum Gasteiger partial charge on any atom is 0.337 e. The molecule has 0 spiro atoms. The number of ether oxygens (including phenoxy) is 1. The van der Waals surface area contributed by atoms with Crippen molar-refractivity contribution in [2.75, 3.05) is 10.6 Å². The number of aryl methyl sites for hydroxylation is 1. The van der Waals surface area contributed by atoms with E-state index in [2.05, 4.69) is 0 Å². The van der Waals surface area contributed by atoms with Crippen LogP contribution < -0.4 is 4.31 Å². The maximum atomic E-state index is 13.2. The summed E-state index contributed by atoms with van der Waals surface area (Å²) in [6.45, 7) is 13.1. The molecular weight excluding hydrogens is 486 g/mol. The number of carbonyl (C=O) groups is 1. The van der Waals surface area contributed by atoms with Gasteiger partial charge in [0.15, 0.2) is 6.10 Å². The molecule has 0 fully saturated rings. The van der Waals surface area contributed by atoms with Crippen LogP contribution in [0.5, 0.6) is 0 Å². The number of nitrogens with zero attached hydrogens (tertiary/aromatic N) is 1. The van der Waals surface area contributed by atoms with E-state index in [1.54, 1.807) is 0 Å². The molecule has 0 aliphatic carbocycles. The molecule has 0 aromatic heterocycles. The summed E-state index contributed by atoms with van der Waals surface area (Å²) in [4.78, 5) is 12.7. The van der Waals surface area contributed by atoms with Gasteiger partial charge in [0.05, 0.1) is 23.6 Å². The van der Waals surface area contributed by atoms with Crippen LogP contribution in [-0.2, 0) is 19.6 Å². The third-order valence-corrected chi connectivity index (χ3v) is 8.14. The van der Waals surface area contributed by atoms with Gasteiger partial charge in [-0.25, -0.2) is 13.2 Å². The van der Waals surface area contributed by atoms with Crippen LogP contribution in [0.3, 0.4) is 0 Å². The van der Waals surface area contributed by atoms with Crippen molar-refractivity contribution < 1.29 is 23.1 Å². The minimum absolute atomic E-state index is 0.457. The number of hydrogen-bond donors (Lipinski definition) is 1. The lowest BCUT2D eigenvalue weighted by Gasteiger charge is -2.40. The highest BCUT2D eigenvalue weighted by atomic mass is 32.2. The maximum absolute atomic E-state index is 13.2. The molecule has 3 aromatic rings. The van der Waals surface area contributed by atoms with E-state index in [1.165, 1.54) is 10.6 Å². The van der Waals surface area contributed by atoms with Crippen molar-refractivity contribution in [3.63, 3.8) is 0 Å². The van der Waals surface area contributed by atoms with Crippen molar-refractivity contribution >= 4 is 21.7 Å². The van der Waals surface area contributed by atoms with Crippen molar-refractivity contribution in [3.8, 4) is 22.3 Å². The number of carboxylic acid groups (broad SMARTS) is 1. The highest BCUT2D eigenvalue weighted by molar-refractivity contribution is 7.92. The fourth-order valence-corrected chi connectivity index (χ4v) is 6.73. The second kappa shape index (κ2) is 9.30. The van der Waals surface area contributed by atoms with E-state index in [4.69, 9.17) is 4.74 Å². The first kappa shape index (κ1) is 26.9. The zero-order valence-electron chi connectivity index (χ0n) is 22.7. The predicted octanol–water partition coefficient (Wildman–Crippen LogP) is 6.73. The molecule has 7 heteroatoms. The van der Waals surface area contributed by atoms with Gasteiger partial charge in [0.1, 0.15) is 0 Å². The molecule has 3 aromatic carbocycles. The third kappa shape index (κ3) is 4.78. The summed E-state index contributed by atoms with van der Waals surface area (Å²) in [5, 5.41) is 10.4. The van der Waals surface area contributed by atoms with Crippen molar-refractivity contribution in [3.05, 3.63) is 76.3 Å². The fraction of sp³-hybridized carbons (Fsp3) is 0.367. The van der Waals surface area contributed by atoms with E-state index in [1.807, 2.05) is 97.0 Å². The van der Waals surface area contributed by atoms with E-state index in [9.17, 15) is 18.3 Å². The van der Waals surface area contributed by atoms with Crippen molar-refractivity contribution in [2.45, 2.75) is 66.2 Å². The van der Waals surface area contributed by atoms with Gasteiger partial charge < -0.3 is 9.84 Å². The van der Waals surface area contributed by atoms with Crippen LogP contribution >= 0.6 is 0 Å². The average Bonchev–Trinajstić information content (AvgIpc) is 2.79. The molecule has 1 heterocycles. The zero-order chi connectivity index (χ0) is 27.4. The summed E-state index contributed by atoms with van der Waals surface area (Å²) in [5.74, 6) is -1.12. The molecule has 6 nitrogen and oxygen atoms in total. The number of anilines is 1. The summed E-state index contributed by atoms with van der Waals surface area (Å²) in [6.07, 6.45) is -0.0988. The molecule has 4 rings (SSSR count). The first-order valence-corrected chi connectivity index (χ1v) is 14.2. The summed E-state index contributed by atoms with van der Waals surface area (Å²) in [6, 6.07) is 15.3. The van der Waals surface area contributed by atoms with Gasteiger partial charge in [-0.2, -0.15) is 0 Å². The number of hydrogen-bond acceptors (Lipinski definition) is 4. The fourth-order valence-electron chi connectivity index (χ4n) is 5.48. The number of sulfonamides is 1. The number of rotatable bonds is 5. The van der Waals surface area contributed by atoms with Crippen LogP contribution in [0.4, 0.5) is 5.69 Å². The molecule has 2 atom stereocenters. The number of fused-ring (bicyclic) bond motifs is 3. The van der Waals surface area contributed by atoms with Gasteiger partial charge in [0, 0.05) is 11.1 Å². The molecule has 0 radical (unpaired) electrons. The first-order chi connectivity index (χ1) is 17.1. The van der Waals surface area contributed by atoms with Crippen molar-refractivity contribution in [2.24, 2.45) is 0 Å². The monoisotopic (exact) mass is 521 g/mol. The minimum Gasteiger partial charge on any atom is -0.479 e. The van der Waals surface area contributed by atoms with E-state index < -0.39 is 33.7 Å². The first-order valence-electron chi connectivity index (χ1n) is 12.4. The molecule has 0 saturated heterocycles. The van der Waals surface area contributed by atoms with E-state index in [0.29, 0.717) is 16.8 Å². The van der Waals surface area contributed by atoms with E-state index in [-0.39, 0.29) is 0 Å². The molecule has 196 valence electrons. The van der Waals surface area contributed by atoms with Gasteiger partial charge in [-0.3, -0.25) is 4.31 Å². The highest BCUT2D eigenvalue weighted by Crippen LogP contribution is 2.54. The van der Waals surface area contributed by atoms with Crippen molar-refractivity contribution in [1.29, 1.82) is 0 Å². The van der Waals surface area contributed by atoms with Crippen LogP contribution in [0, 0.1) is 20.8 Å². The Balaban J connectivity index is 2.23. The lowest BCUT2D eigenvalue weighted by atomic mass is 9.79. The molecule has 0 unspecified atom stereocenters. The number of benzene rings is 3. The molecule has 1 N–H and O–H groups in total. The van der Waals surface area contributed by atoms with Crippen LogP contribution in [0.1, 0.15) is 67.7 Å². The SMILES string of the molecule is Cc1ccc(-c2c(C)c3c(c(C)c2[C@H](OC(C)(C)C)C(=O)O)N(S(C)(=O)=O)[C@H](C)c2ccccc2-3)cc1. The Morgan fingerprint density at radius 3 is 2.11 bits per heavy atom. The lowest BCUT2D eigenvalue weighted by molar-refractivity contribution is -0.160.